The van der Waals surface area contributed by atoms with Crippen molar-refractivity contribution in [3.05, 3.63) is 16.1 Å². The second-order valence-corrected chi connectivity index (χ2v) is 5.88. The highest BCUT2D eigenvalue weighted by Gasteiger charge is 2.09. The Kier molecular flexibility index (Phi) is 7.10. The first-order valence-corrected chi connectivity index (χ1v) is 7.67. The van der Waals surface area contributed by atoms with E-state index < -0.39 is 5.97 Å². The molecule has 0 spiro atoms. The summed E-state index contributed by atoms with van der Waals surface area (Å²) in [4.78, 5) is 28.3. The Morgan fingerprint density at radius 2 is 2.05 bits per heavy atom. The molecule has 0 fully saturated rings. The molecule has 0 bridgehead atoms. The van der Waals surface area contributed by atoms with Crippen LogP contribution in [0.3, 0.4) is 0 Å². The minimum atomic E-state index is -1.03. The molecule has 2 amide bonds. The molecule has 118 valence electrons. The Labute approximate surface area is 128 Å². The van der Waals surface area contributed by atoms with Gasteiger partial charge in [-0.15, -0.1) is 11.3 Å². The monoisotopic (exact) mass is 314 g/mol. The van der Waals surface area contributed by atoms with Crippen LogP contribution in [-0.2, 0) is 6.42 Å². The molecule has 0 unspecified atom stereocenters. The number of carboxylic acids is 1. The number of urea groups is 1. The molecule has 1 aromatic heterocycles. The van der Waals surface area contributed by atoms with Crippen molar-refractivity contribution in [3.63, 3.8) is 0 Å². The van der Waals surface area contributed by atoms with Gasteiger partial charge >= 0.3 is 12.0 Å². The number of aromatic carboxylic acids is 1. The van der Waals surface area contributed by atoms with Gasteiger partial charge in [-0.05, 0) is 20.9 Å². The Bertz CT molecular complexity index is 476. The van der Waals surface area contributed by atoms with Gasteiger partial charge in [-0.3, -0.25) is 0 Å². The standard InChI is InChI=1S/C13H22N4O3S/c1-9(2)17(3)7-6-15-13(20)14-5-4-11-16-10(8-21-11)12(18)19/h8-9H,4-7H2,1-3H3,(H,18,19)(H2,14,15,20). The van der Waals surface area contributed by atoms with Crippen LogP contribution in [0.15, 0.2) is 5.38 Å². The number of amides is 2. The summed E-state index contributed by atoms with van der Waals surface area (Å²) >= 11 is 1.28. The lowest BCUT2D eigenvalue weighted by molar-refractivity contribution is 0.0691. The van der Waals surface area contributed by atoms with Gasteiger partial charge < -0.3 is 20.6 Å². The first kappa shape index (κ1) is 17.4. The number of carbonyl (C=O) groups is 2. The normalized spacial score (nSPS) is 10.9. The van der Waals surface area contributed by atoms with Crippen LogP contribution < -0.4 is 10.6 Å². The van der Waals surface area contributed by atoms with Crippen LogP contribution in [0.1, 0.15) is 29.3 Å². The van der Waals surface area contributed by atoms with E-state index in [0.717, 1.165) is 6.54 Å². The maximum Gasteiger partial charge on any atom is 0.355 e. The zero-order valence-electron chi connectivity index (χ0n) is 12.5. The topological polar surface area (TPSA) is 94.6 Å². The fourth-order valence-electron chi connectivity index (χ4n) is 1.47. The number of hydrogen-bond donors (Lipinski definition) is 3. The summed E-state index contributed by atoms with van der Waals surface area (Å²) in [6.07, 6.45) is 0.525. The Hall–Kier alpha value is -1.67. The van der Waals surface area contributed by atoms with Crippen LogP contribution in [0.25, 0.3) is 0 Å². The number of nitrogens with zero attached hydrogens (tertiary/aromatic N) is 2. The van der Waals surface area contributed by atoms with Gasteiger partial charge in [0.15, 0.2) is 5.69 Å². The number of hydrogen-bond acceptors (Lipinski definition) is 5. The molecule has 0 aromatic carbocycles. The average Bonchev–Trinajstić information content (AvgIpc) is 2.87. The lowest BCUT2D eigenvalue weighted by Crippen LogP contribution is -2.41. The predicted octanol–water partition coefficient (Wildman–Crippen LogP) is 1.02. The molecule has 0 saturated carbocycles. The highest BCUT2D eigenvalue weighted by atomic mass is 32.1. The van der Waals surface area contributed by atoms with Crippen LogP contribution >= 0.6 is 11.3 Å². The van der Waals surface area contributed by atoms with E-state index in [1.54, 1.807) is 0 Å². The van der Waals surface area contributed by atoms with Crippen molar-refractivity contribution in [1.82, 2.24) is 20.5 Å². The van der Waals surface area contributed by atoms with Gasteiger partial charge in [-0.2, -0.15) is 0 Å². The van der Waals surface area contributed by atoms with Crippen molar-refractivity contribution in [3.8, 4) is 0 Å². The van der Waals surface area contributed by atoms with Crippen molar-refractivity contribution in [2.75, 3.05) is 26.7 Å². The molecule has 0 aliphatic rings. The minimum Gasteiger partial charge on any atom is -0.476 e. The molecule has 0 atom stereocenters. The molecular weight excluding hydrogens is 292 g/mol. The Balaban J connectivity index is 2.17. The van der Waals surface area contributed by atoms with Crippen molar-refractivity contribution < 1.29 is 14.7 Å². The summed E-state index contributed by atoms with van der Waals surface area (Å²) < 4.78 is 0. The SMILES string of the molecule is CC(C)N(C)CCNC(=O)NCCc1nc(C(=O)O)cs1. The highest BCUT2D eigenvalue weighted by Crippen LogP contribution is 2.09. The summed E-state index contributed by atoms with van der Waals surface area (Å²) in [6, 6.07) is 0.227. The Morgan fingerprint density at radius 3 is 2.62 bits per heavy atom. The summed E-state index contributed by atoms with van der Waals surface area (Å²) in [5.74, 6) is -1.03. The van der Waals surface area contributed by atoms with Gasteiger partial charge in [0.25, 0.3) is 0 Å². The molecule has 0 aliphatic heterocycles. The van der Waals surface area contributed by atoms with Crippen molar-refractivity contribution in [2.24, 2.45) is 0 Å². The van der Waals surface area contributed by atoms with Gasteiger partial charge in [0.1, 0.15) is 0 Å². The van der Waals surface area contributed by atoms with Crippen LogP contribution in [-0.4, -0.2) is 59.7 Å². The molecule has 0 saturated heterocycles. The first-order valence-electron chi connectivity index (χ1n) is 6.79. The van der Waals surface area contributed by atoms with Gasteiger partial charge in [0.2, 0.25) is 0 Å². The van der Waals surface area contributed by atoms with Crippen molar-refractivity contribution >= 4 is 23.3 Å². The van der Waals surface area contributed by atoms with Crippen LogP contribution in [0, 0.1) is 0 Å². The summed E-state index contributed by atoms with van der Waals surface area (Å²) in [6.45, 7) is 6.00. The number of likely N-dealkylation sites (N-methyl/N-ethyl adjacent to an activating group) is 1. The maximum absolute atomic E-state index is 11.5. The lowest BCUT2D eigenvalue weighted by atomic mass is 10.3. The fourth-order valence-corrected chi connectivity index (χ4v) is 2.25. The second-order valence-electron chi connectivity index (χ2n) is 4.94. The summed E-state index contributed by atoms with van der Waals surface area (Å²) in [5, 5.41) is 16.5. The summed E-state index contributed by atoms with van der Waals surface area (Å²) in [7, 11) is 2.01. The molecule has 0 aliphatic carbocycles. The molecule has 1 heterocycles. The van der Waals surface area contributed by atoms with E-state index >= 15 is 0 Å². The van der Waals surface area contributed by atoms with E-state index in [0.29, 0.717) is 30.6 Å². The quantitative estimate of drug-likeness (QED) is 0.666. The van der Waals surface area contributed by atoms with Crippen LogP contribution in [0.4, 0.5) is 4.79 Å². The van der Waals surface area contributed by atoms with E-state index in [1.165, 1.54) is 16.7 Å². The maximum atomic E-state index is 11.5. The summed E-state index contributed by atoms with van der Waals surface area (Å²) in [5.41, 5.74) is 0.0520. The number of rotatable bonds is 8. The number of nitrogens with one attached hydrogen (secondary N) is 2. The average molecular weight is 314 g/mol. The van der Waals surface area contributed by atoms with E-state index in [4.69, 9.17) is 5.11 Å². The van der Waals surface area contributed by atoms with Gasteiger partial charge in [-0.25, -0.2) is 14.6 Å². The van der Waals surface area contributed by atoms with Crippen LogP contribution in [0.5, 0.6) is 0 Å². The number of thiazole rings is 1. The highest BCUT2D eigenvalue weighted by molar-refractivity contribution is 7.09. The van der Waals surface area contributed by atoms with Gasteiger partial charge in [-0.1, -0.05) is 0 Å². The molecule has 21 heavy (non-hydrogen) atoms. The first-order chi connectivity index (χ1) is 9.90. The smallest absolute Gasteiger partial charge is 0.355 e. The Morgan fingerprint density at radius 1 is 1.38 bits per heavy atom. The molecule has 1 rings (SSSR count). The molecule has 3 N–H and O–H groups in total. The zero-order chi connectivity index (χ0) is 15.8. The third-order valence-electron chi connectivity index (χ3n) is 3.03. The second kappa shape index (κ2) is 8.58. The van der Waals surface area contributed by atoms with Gasteiger partial charge in [0, 0.05) is 37.5 Å². The number of carbonyl (C=O) groups excluding carboxylic acids is 1. The van der Waals surface area contributed by atoms with Gasteiger partial charge in [0.05, 0.1) is 5.01 Å². The zero-order valence-corrected chi connectivity index (χ0v) is 13.4. The third-order valence-corrected chi connectivity index (χ3v) is 3.94. The lowest BCUT2D eigenvalue weighted by Gasteiger charge is -2.20. The predicted molar refractivity (Wildman–Crippen MR) is 81.9 cm³/mol. The van der Waals surface area contributed by atoms with E-state index in [1.807, 2.05) is 7.05 Å². The molecule has 7 nitrogen and oxygen atoms in total. The van der Waals surface area contributed by atoms with Crippen molar-refractivity contribution in [2.45, 2.75) is 26.3 Å². The molecule has 1 aromatic rings. The minimum absolute atomic E-state index is 0.0520. The molecule has 0 radical (unpaired) electrons. The fraction of sp³-hybridized carbons (Fsp3) is 0.615. The largest absolute Gasteiger partial charge is 0.476 e. The van der Waals surface area contributed by atoms with Crippen LogP contribution in [0.2, 0.25) is 0 Å². The number of aromatic nitrogens is 1. The molecule has 8 heteroatoms. The van der Waals surface area contributed by atoms with Crippen molar-refractivity contribution in [1.29, 1.82) is 0 Å². The van der Waals surface area contributed by atoms with E-state index in [-0.39, 0.29) is 11.7 Å². The van der Waals surface area contributed by atoms with E-state index in [2.05, 4.69) is 34.4 Å². The third kappa shape index (κ3) is 6.54. The number of carboxylic acid groups (broad SMARTS) is 1. The molecular formula is C13H22N4O3S. The van der Waals surface area contributed by atoms with E-state index in [9.17, 15) is 9.59 Å².